The molecule has 2 fully saturated rings. The van der Waals surface area contributed by atoms with E-state index in [1.807, 2.05) is 6.20 Å². The normalized spacial score (nSPS) is 17.5. The molecule has 1 amide bonds. The van der Waals surface area contributed by atoms with Crippen molar-refractivity contribution >= 4 is 23.5 Å². The predicted molar refractivity (Wildman–Crippen MR) is 238 cm³/mol. The SMILES string of the molecule is Cc1ccc(N2CCC(C(=O)NCCN3CCc4cc(C)ccc4C3)CC2)nc1.Cc1ccc2c(c1)CCN(CCN)C2.O=C(O)C1CCN(c2ccc(C(F)(F)F)cn2)CC1. The molecule has 334 valence electrons. The third-order valence-electron chi connectivity index (χ3n) is 12.4. The summed E-state index contributed by atoms with van der Waals surface area (Å²) in [7, 11) is 0. The first-order valence-electron chi connectivity index (χ1n) is 22.0. The minimum absolute atomic E-state index is 0.127. The van der Waals surface area contributed by atoms with E-state index in [0.717, 1.165) is 103 Å². The fourth-order valence-electron chi connectivity index (χ4n) is 8.64. The van der Waals surface area contributed by atoms with E-state index in [0.29, 0.717) is 31.7 Å². The first-order valence-corrected chi connectivity index (χ1v) is 22.0. The van der Waals surface area contributed by atoms with Crippen LogP contribution in [-0.4, -0.2) is 102 Å². The van der Waals surface area contributed by atoms with Crippen molar-refractivity contribution in [1.29, 1.82) is 0 Å². The summed E-state index contributed by atoms with van der Waals surface area (Å²) in [5.41, 5.74) is 14.6. The van der Waals surface area contributed by atoms with Gasteiger partial charge in [-0.2, -0.15) is 13.2 Å². The van der Waals surface area contributed by atoms with Crippen LogP contribution in [0.5, 0.6) is 0 Å². The summed E-state index contributed by atoms with van der Waals surface area (Å²) in [6.07, 6.45) is 3.38. The Morgan fingerprint density at radius 3 is 1.65 bits per heavy atom. The van der Waals surface area contributed by atoms with E-state index in [-0.39, 0.29) is 17.7 Å². The molecule has 0 bridgehead atoms. The zero-order valence-corrected chi connectivity index (χ0v) is 36.5. The number of nitrogens with zero attached hydrogens (tertiary/aromatic N) is 6. The third-order valence-corrected chi connectivity index (χ3v) is 12.4. The van der Waals surface area contributed by atoms with Gasteiger partial charge < -0.3 is 26.0 Å². The lowest BCUT2D eigenvalue weighted by molar-refractivity contribution is -0.142. The number of pyridine rings is 2. The van der Waals surface area contributed by atoms with Gasteiger partial charge in [-0.25, -0.2) is 9.97 Å². The standard InChI is InChI=1S/C24H32N4O.C12H13F3N2O2.C12H18N2/c1-18-3-5-22-17-27(11-7-21(22)15-18)14-10-25-24(29)20-8-12-28(13-9-20)23-6-4-19(2)16-26-23;13-12(14,15)9-1-2-10(16-7-9)17-5-3-8(4-6-17)11(18)19;1-10-2-3-12-9-14(7-5-13)6-4-11(12)8-10/h3-6,15-16,20H,7-14,17H2,1-2H3,(H,25,29);1-2,7-8H,3-6H2,(H,18,19);2-3,8H,4-7,9,13H2,1H3. The number of carbonyl (C=O) groups excluding carboxylic acids is 1. The third kappa shape index (κ3) is 13.2. The molecular formula is C48H63F3N8O3. The minimum atomic E-state index is -4.39. The Labute approximate surface area is 364 Å². The molecule has 2 saturated heterocycles. The van der Waals surface area contributed by atoms with Gasteiger partial charge in [-0.05, 0) is 105 Å². The number of amides is 1. The van der Waals surface area contributed by atoms with Crippen LogP contribution in [0.25, 0.3) is 0 Å². The van der Waals surface area contributed by atoms with Crippen LogP contribution in [0.4, 0.5) is 24.8 Å². The second-order valence-corrected chi connectivity index (χ2v) is 17.1. The monoisotopic (exact) mass is 856 g/mol. The number of hydrogen-bond donors (Lipinski definition) is 3. The van der Waals surface area contributed by atoms with Crippen molar-refractivity contribution in [2.75, 3.05) is 75.2 Å². The zero-order chi connectivity index (χ0) is 44.2. The molecule has 4 aliphatic rings. The second-order valence-electron chi connectivity index (χ2n) is 17.1. The number of nitrogens with one attached hydrogen (secondary N) is 1. The molecular weight excluding hydrogens is 794 g/mol. The maximum absolute atomic E-state index is 12.6. The van der Waals surface area contributed by atoms with Gasteiger partial charge in [0.2, 0.25) is 5.91 Å². The van der Waals surface area contributed by atoms with Gasteiger partial charge in [-0.1, -0.05) is 53.6 Å². The number of piperidine rings is 2. The molecule has 4 aliphatic heterocycles. The zero-order valence-electron chi connectivity index (χ0n) is 36.5. The van der Waals surface area contributed by atoms with E-state index in [1.54, 1.807) is 4.90 Å². The number of fused-ring (bicyclic) bond motifs is 2. The second kappa shape index (κ2) is 21.8. The van der Waals surface area contributed by atoms with Crippen LogP contribution >= 0.6 is 0 Å². The Morgan fingerprint density at radius 1 is 0.677 bits per heavy atom. The number of benzene rings is 2. The number of carboxylic acids is 1. The molecule has 0 atom stereocenters. The molecule has 62 heavy (non-hydrogen) atoms. The van der Waals surface area contributed by atoms with Crippen LogP contribution in [0, 0.1) is 32.6 Å². The number of rotatable bonds is 9. The summed E-state index contributed by atoms with van der Waals surface area (Å²) in [5, 5.41) is 12.0. The molecule has 11 nitrogen and oxygen atoms in total. The van der Waals surface area contributed by atoms with Crippen molar-refractivity contribution in [3.05, 3.63) is 118 Å². The van der Waals surface area contributed by atoms with Crippen molar-refractivity contribution in [3.63, 3.8) is 0 Å². The molecule has 2 aromatic carbocycles. The first kappa shape index (κ1) is 46.5. The quantitative estimate of drug-likeness (QED) is 0.165. The summed E-state index contributed by atoms with van der Waals surface area (Å²) in [5.74, 6) is 0.633. The fourth-order valence-corrected chi connectivity index (χ4v) is 8.64. The summed E-state index contributed by atoms with van der Waals surface area (Å²) in [6, 6.07) is 20.0. The Hall–Kier alpha value is -5.05. The van der Waals surface area contributed by atoms with Gasteiger partial charge in [-0.3, -0.25) is 19.4 Å². The molecule has 2 aromatic heterocycles. The Kier molecular flexibility index (Phi) is 16.4. The average molecular weight is 857 g/mol. The minimum Gasteiger partial charge on any atom is -0.481 e. The van der Waals surface area contributed by atoms with Crippen molar-refractivity contribution in [2.24, 2.45) is 17.6 Å². The van der Waals surface area contributed by atoms with Crippen LogP contribution < -0.4 is 20.9 Å². The van der Waals surface area contributed by atoms with E-state index in [4.69, 9.17) is 10.8 Å². The number of alkyl halides is 3. The highest BCUT2D eigenvalue weighted by Gasteiger charge is 2.32. The first-order chi connectivity index (χ1) is 29.7. The highest BCUT2D eigenvalue weighted by molar-refractivity contribution is 5.79. The fraction of sp³-hybridized carbons (Fsp3) is 0.500. The molecule has 8 rings (SSSR count). The van der Waals surface area contributed by atoms with Gasteiger partial charge in [0.1, 0.15) is 11.6 Å². The van der Waals surface area contributed by atoms with Gasteiger partial charge in [-0.15, -0.1) is 0 Å². The smallest absolute Gasteiger partial charge is 0.417 e. The summed E-state index contributed by atoms with van der Waals surface area (Å²) < 4.78 is 37.1. The number of carboxylic acid groups (broad SMARTS) is 1. The van der Waals surface area contributed by atoms with E-state index in [2.05, 4.69) is 99.3 Å². The predicted octanol–water partition coefficient (Wildman–Crippen LogP) is 6.80. The Bertz CT molecular complexity index is 2070. The van der Waals surface area contributed by atoms with E-state index < -0.39 is 17.7 Å². The number of carbonyl (C=O) groups is 2. The molecule has 4 aromatic rings. The van der Waals surface area contributed by atoms with E-state index in [1.165, 1.54) is 51.4 Å². The lowest BCUT2D eigenvalue weighted by Crippen LogP contribution is -2.43. The maximum atomic E-state index is 12.6. The molecule has 6 heterocycles. The molecule has 0 aliphatic carbocycles. The van der Waals surface area contributed by atoms with Crippen molar-refractivity contribution < 1.29 is 27.9 Å². The number of anilines is 2. The van der Waals surface area contributed by atoms with Crippen LogP contribution in [-0.2, 0) is 41.7 Å². The highest BCUT2D eigenvalue weighted by atomic mass is 19.4. The van der Waals surface area contributed by atoms with Gasteiger partial charge in [0.25, 0.3) is 0 Å². The van der Waals surface area contributed by atoms with Gasteiger partial charge >= 0.3 is 12.1 Å². The number of aryl methyl sites for hydroxylation is 3. The lowest BCUT2D eigenvalue weighted by Gasteiger charge is -2.32. The van der Waals surface area contributed by atoms with Crippen LogP contribution in [0.1, 0.15) is 70.2 Å². The van der Waals surface area contributed by atoms with Gasteiger partial charge in [0.05, 0.1) is 11.5 Å². The molecule has 0 radical (unpaired) electrons. The topological polar surface area (TPSA) is 131 Å². The summed E-state index contributed by atoms with van der Waals surface area (Å²) in [6.45, 7) is 16.9. The van der Waals surface area contributed by atoms with Crippen molar-refractivity contribution in [1.82, 2.24) is 25.1 Å². The van der Waals surface area contributed by atoms with Gasteiger partial charge in [0.15, 0.2) is 0 Å². The molecule has 0 saturated carbocycles. The molecule has 14 heteroatoms. The van der Waals surface area contributed by atoms with E-state index >= 15 is 0 Å². The van der Waals surface area contributed by atoms with Crippen LogP contribution in [0.2, 0.25) is 0 Å². The average Bonchev–Trinajstić information content (AvgIpc) is 3.27. The molecule has 0 unspecified atom stereocenters. The van der Waals surface area contributed by atoms with Gasteiger partial charge in [0, 0.05) is 96.8 Å². The van der Waals surface area contributed by atoms with Crippen molar-refractivity contribution in [3.8, 4) is 0 Å². The largest absolute Gasteiger partial charge is 0.481 e. The number of aromatic nitrogens is 2. The number of aliphatic carboxylic acids is 1. The summed E-state index contributed by atoms with van der Waals surface area (Å²) in [4.78, 5) is 40.7. The number of halogens is 3. The lowest BCUT2D eigenvalue weighted by atomic mass is 9.96. The van der Waals surface area contributed by atoms with Crippen LogP contribution in [0.15, 0.2) is 73.1 Å². The number of nitrogens with two attached hydrogens (primary N) is 1. The Balaban J connectivity index is 0.000000167. The van der Waals surface area contributed by atoms with Crippen LogP contribution in [0.3, 0.4) is 0 Å². The highest BCUT2D eigenvalue weighted by Crippen LogP contribution is 2.30. The van der Waals surface area contributed by atoms with E-state index in [9.17, 15) is 22.8 Å². The van der Waals surface area contributed by atoms with Crippen molar-refractivity contribution in [2.45, 2.75) is 78.6 Å². The maximum Gasteiger partial charge on any atom is 0.417 e. The molecule has 0 spiro atoms. The molecule has 4 N–H and O–H groups in total. The summed E-state index contributed by atoms with van der Waals surface area (Å²) >= 11 is 0. The number of hydrogen-bond acceptors (Lipinski definition) is 9. The Morgan fingerprint density at radius 2 is 1.18 bits per heavy atom.